The van der Waals surface area contributed by atoms with Gasteiger partial charge in [0.15, 0.2) is 0 Å². The average molecular weight is 362 g/mol. The van der Waals surface area contributed by atoms with Gasteiger partial charge in [-0.25, -0.2) is 0 Å². The Balaban J connectivity index is 2.32. The van der Waals surface area contributed by atoms with Crippen molar-refractivity contribution in [1.29, 1.82) is 0 Å². The molecule has 0 bridgehead atoms. The molecule has 8 heteroatoms. The predicted octanol–water partition coefficient (Wildman–Crippen LogP) is 3.79. The Morgan fingerprint density at radius 2 is 2.14 bits per heavy atom. The summed E-state index contributed by atoms with van der Waals surface area (Å²) >= 11 is 3.03. The minimum atomic E-state index is -4.50. The molecule has 0 radical (unpaired) electrons. The molecule has 0 amide bonds. The van der Waals surface area contributed by atoms with E-state index in [2.05, 4.69) is 38.0 Å². The van der Waals surface area contributed by atoms with Crippen LogP contribution < -0.4 is 5.32 Å². The fourth-order valence-corrected chi connectivity index (χ4v) is 2.02. The third-order valence-corrected chi connectivity index (χ3v) is 3.05. The number of halogens is 4. The fourth-order valence-electron chi connectivity index (χ4n) is 1.66. The summed E-state index contributed by atoms with van der Waals surface area (Å²) in [6.07, 6.45) is -2.85. The van der Waals surface area contributed by atoms with E-state index in [1.807, 2.05) is 0 Å². The topological polar surface area (TPSA) is 51.0 Å². The summed E-state index contributed by atoms with van der Waals surface area (Å²) < 4.78 is 44.4. The van der Waals surface area contributed by atoms with Crippen LogP contribution in [-0.4, -0.2) is 16.7 Å². The predicted molar refractivity (Wildman–Crippen MR) is 74.3 cm³/mol. The number of nitrogens with one attached hydrogen (secondary N) is 1. The van der Waals surface area contributed by atoms with E-state index in [1.165, 1.54) is 12.1 Å². The molecule has 112 valence electrons. The van der Waals surface area contributed by atoms with E-state index in [-0.39, 0.29) is 23.8 Å². The number of hydrogen-bond acceptors (Lipinski definition) is 4. The van der Waals surface area contributed by atoms with Crippen molar-refractivity contribution >= 4 is 15.9 Å². The number of hydrogen-bond donors (Lipinski definition) is 1. The van der Waals surface area contributed by atoms with Crippen LogP contribution in [0.25, 0.3) is 11.4 Å². The zero-order valence-corrected chi connectivity index (χ0v) is 12.3. The molecule has 2 rings (SSSR count). The molecule has 4 nitrogen and oxygen atoms in total. The highest BCUT2D eigenvalue weighted by atomic mass is 79.9. The van der Waals surface area contributed by atoms with Gasteiger partial charge in [0.1, 0.15) is 0 Å². The second-order valence-corrected chi connectivity index (χ2v) is 5.03. The first kappa shape index (κ1) is 15.7. The number of benzene rings is 1. The normalized spacial score (nSPS) is 11.6. The molecule has 2 aromatic rings. The summed E-state index contributed by atoms with van der Waals surface area (Å²) in [6.45, 7) is 4.33. The molecule has 1 N–H and O–H groups in total. The van der Waals surface area contributed by atoms with Gasteiger partial charge in [0.05, 0.1) is 12.1 Å². The molecule has 1 aromatic heterocycles. The van der Waals surface area contributed by atoms with Crippen LogP contribution in [0.4, 0.5) is 13.2 Å². The standard InChI is InChI=1S/C13H11BrF3N3O/c1-2-5-18-7-11-19-12(20-21-11)9-4-3-8(14)6-10(9)13(15,16)17/h2-4,6,18H,1,5,7H2. The van der Waals surface area contributed by atoms with Crippen LogP contribution >= 0.6 is 15.9 Å². The van der Waals surface area contributed by atoms with Crippen molar-refractivity contribution in [2.75, 3.05) is 6.54 Å². The molecule has 0 atom stereocenters. The Hall–Kier alpha value is -1.67. The first-order chi connectivity index (χ1) is 9.91. The van der Waals surface area contributed by atoms with E-state index in [1.54, 1.807) is 6.08 Å². The quantitative estimate of drug-likeness (QED) is 0.650. The van der Waals surface area contributed by atoms with Gasteiger partial charge in [0, 0.05) is 16.6 Å². The van der Waals surface area contributed by atoms with Gasteiger partial charge in [0.2, 0.25) is 11.7 Å². The molecule has 0 aliphatic heterocycles. The van der Waals surface area contributed by atoms with Gasteiger partial charge in [-0.2, -0.15) is 18.2 Å². The van der Waals surface area contributed by atoms with E-state index < -0.39 is 11.7 Å². The Kier molecular flexibility index (Phi) is 4.79. The maximum atomic E-state index is 13.0. The van der Waals surface area contributed by atoms with Crippen molar-refractivity contribution in [3.8, 4) is 11.4 Å². The first-order valence-corrected chi connectivity index (χ1v) is 6.72. The molecule has 0 spiro atoms. The van der Waals surface area contributed by atoms with Gasteiger partial charge in [-0.05, 0) is 18.2 Å². The van der Waals surface area contributed by atoms with Crippen molar-refractivity contribution < 1.29 is 17.7 Å². The molecule has 0 saturated heterocycles. The molecule has 1 heterocycles. The molecular formula is C13H11BrF3N3O. The minimum absolute atomic E-state index is 0.0924. The third kappa shape index (κ3) is 3.92. The second-order valence-electron chi connectivity index (χ2n) is 4.12. The van der Waals surface area contributed by atoms with E-state index in [9.17, 15) is 13.2 Å². The van der Waals surface area contributed by atoms with Gasteiger partial charge >= 0.3 is 6.18 Å². The van der Waals surface area contributed by atoms with Crippen LogP contribution in [0.5, 0.6) is 0 Å². The zero-order valence-electron chi connectivity index (χ0n) is 10.7. The summed E-state index contributed by atoms with van der Waals surface area (Å²) in [5, 5.41) is 6.53. The van der Waals surface area contributed by atoms with Crippen molar-refractivity contribution in [1.82, 2.24) is 15.5 Å². The molecule has 0 aliphatic carbocycles. The van der Waals surface area contributed by atoms with Crippen LogP contribution in [0.15, 0.2) is 39.8 Å². The minimum Gasteiger partial charge on any atom is -0.338 e. The van der Waals surface area contributed by atoms with E-state index in [0.717, 1.165) is 6.07 Å². The highest BCUT2D eigenvalue weighted by molar-refractivity contribution is 9.10. The third-order valence-electron chi connectivity index (χ3n) is 2.56. The smallest absolute Gasteiger partial charge is 0.338 e. The molecule has 0 aliphatic rings. The van der Waals surface area contributed by atoms with Gasteiger partial charge in [-0.15, -0.1) is 6.58 Å². The van der Waals surface area contributed by atoms with Crippen molar-refractivity contribution in [3.05, 3.63) is 46.8 Å². The molecular weight excluding hydrogens is 351 g/mol. The Morgan fingerprint density at radius 3 is 2.81 bits per heavy atom. The summed E-state index contributed by atoms with van der Waals surface area (Å²) in [6, 6.07) is 3.79. The Bertz CT molecular complexity index is 640. The van der Waals surface area contributed by atoms with Crippen molar-refractivity contribution in [3.63, 3.8) is 0 Å². The molecule has 1 aromatic carbocycles. The van der Waals surface area contributed by atoms with Crippen molar-refractivity contribution in [2.24, 2.45) is 0 Å². The number of alkyl halides is 3. The number of nitrogens with zero attached hydrogens (tertiary/aromatic N) is 2. The highest BCUT2D eigenvalue weighted by Gasteiger charge is 2.35. The van der Waals surface area contributed by atoms with Crippen molar-refractivity contribution in [2.45, 2.75) is 12.7 Å². The summed E-state index contributed by atoms with van der Waals surface area (Å²) in [7, 11) is 0. The summed E-state index contributed by atoms with van der Waals surface area (Å²) in [5.41, 5.74) is -0.937. The monoisotopic (exact) mass is 361 g/mol. The zero-order chi connectivity index (χ0) is 15.5. The summed E-state index contributed by atoms with van der Waals surface area (Å²) in [5.74, 6) is 0.119. The maximum Gasteiger partial charge on any atom is 0.417 e. The second kappa shape index (κ2) is 6.40. The Labute approximate surface area is 127 Å². The lowest BCUT2D eigenvalue weighted by molar-refractivity contribution is -0.137. The SMILES string of the molecule is C=CCNCc1nc(-c2ccc(Br)cc2C(F)(F)F)no1. The highest BCUT2D eigenvalue weighted by Crippen LogP contribution is 2.37. The van der Waals surface area contributed by atoms with Gasteiger partial charge in [0.25, 0.3) is 0 Å². The number of rotatable bonds is 5. The summed E-state index contributed by atoms with van der Waals surface area (Å²) in [4.78, 5) is 3.97. The fraction of sp³-hybridized carbons (Fsp3) is 0.231. The molecule has 0 fully saturated rings. The van der Waals surface area contributed by atoms with E-state index in [0.29, 0.717) is 11.0 Å². The molecule has 0 unspecified atom stereocenters. The van der Waals surface area contributed by atoms with E-state index in [4.69, 9.17) is 4.52 Å². The average Bonchev–Trinajstić information content (AvgIpc) is 2.87. The van der Waals surface area contributed by atoms with Crippen LogP contribution in [0, 0.1) is 0 Å². The lowest BCUT2D eigenvalue weighted by atomic mass is 10.1. The van der Waals surface area contributed by atoms with Gasteiger partial charge < -0.3 is 9.84 Å². The number of aromatic nitrogens is 2. The molecule has 21 heavy (non-hydrogen) atoms. The Morgan fingerprint density at radius 1 is 1.38 bits per heavy atom. The van der Waals surface area contributed by atoms with E-state index >= 15 is 0 Å². The van der Waals surface area contributed by atoms with Crippen LogP contribution in [0.3, 0.4) is 0 Å². The lowest BCUT2D eigenvalue weighted by Gasteiger charge is -2.10. The first-order valence-electron chi connectivity index (χ1n) is 5.93. The van der Waals surface area contributed by atoms with Crippen LogP contribution in [0.1, 0.15) is 11.5 Å². The van der Waals surface area contributed by atoms with Gasteiger partial charge in [-0.1, -0.05) is 27.2 Å². The maximum absolute atomic E-state index is 13.0. The van der Waals surface area contributed by atoms with Crippen LogP contribution in [0.2, 0.25) is 0 Å². The lowest BCUT2D eigenvalue weighted by Crippen LogP contribution is -2.12. The molecule has 0 saturated carbocycles. The largest absolute Gasteiger partial charge is 0.417 e. The van der Waals surface area contributed by atoms with Gasteiger partial charge in [-0.3, -0.25) is 0 Å². The van der Waals surface area contributed by atoms with Crippen LogP contribution in [-0.2, 0) is 12.7 Å².